The lowest BCUT2D eigenvalue weighted by atomic mass is 10.1. The number of anilines is 1. The van der Waals surface area contributed by atoms with Crippen LogP contribution in [0.15, 0.2) is 30.6 Å². The number of aromatic hydroxyl groups is 1. The Morgan fingerprint density at radius 2 is 1.90 bits per heavy atom. The molecular weight excluding hydrogens is 493 g/mol. The molecule has 0 unspecified atom stereocenters. The van der Waals surface area contributed by atoms with E-state index in [0.29, 0.717) is 27.4 Å². The van der Waals surface area contributed by atoms with E-state index in [4.69, 9.17) is 4.74 Å². The highest BCUT2D eigenvalue weighted by Gasteiger charge is 2.44. The van der Waals surface area contributed by atoms with Crippen LogP contribution in [-0.4, -0.2) is 71.4 Å². The third-order valence-electron chi connectivity index (χ3n) is 4.83. The number of hydrogen-bond acceptors (Lipinski definition) is 9. The monoisotopic (exact) mass is 513 g/mol. The molecule has 3 aromatic rings. The number of aromatic nitrogens is 4. The first-order valence-corrected chi connectivity index (χ1v) is 10.1. The number of rotatable bonds is 6. The van der Waals surface area contributed by atoms with E-state index in [1.807, 2.05) is 34.7 Å². The molecule has 10 nitrogen and oxygen atoms in total. The average molecular weight is 513 g/mol. The molecule has 11 heteroatoms. The van der Waals surface area contributed by atoms with Gasteiger partial charge in [0.2, 0.25) is 0 Å². The number of nitrogens with zero attached hydrogens (tertiary/aromatic N) is 4. The second-order valence-corrected chi connectivity index (χ2v) is 7.70. The second-order valence-electron chi connectivity index (χ2n) is 6.74. The Bertz CT molecular complexity index is 998. The number of ether oxygens (including phenoxy) is 1. The minimum Gasteiger partial charge on any atom is -0.508 e. The molecule has 0 radical (unpaired) electrons. The predicted octanol–water partition coefficient (Wildman–Crippen LogP) is 0.403. The Morgan fingerprint density at radius 3 is 2.59 bits per heavy atom. The van der Waals surface area contributed by atoms with E-state index in [1.165, 1.54) is 10.9 Å². The van der Waals surface area contributed by atoms with Gasteiger partial charge >= 0.3 is 0 Å². The van der Waals surface area contributed by atoms with E-state index < -0.39 is 31.1 Å². The molecule has 0 amide bonds. The molecule has 0 aliphatic carbocycles. The van der Waals surface area contributed by atoms with E-state index >= 15 is 0 Å². The molecule has 1 aliphatic heterocycles. The van der Waals surface area contributed by atoms with Gasteiger partial charge in [-0.1, -0.05) is 12.1 Å². The number of imidazole rings is 1. The topological polar surface area (TPSA) is 146 Å². The number of aliphatic hydroxyl groups is 3. The number of hydrogen-bond donors (Lipinski definition) is 5. The van der Waals surface area contributed by atoms with Gasteiger partial charge in [0.05, 0.1) is 12.9 Å². The van der Waals surface area contributed by atoms with E-state index in [1.54, 1.807) is 12.1 Å². The lowest BCUT2D eigenvalue weighted by Gasteiger charge is -2.16. The van der Waals surface area contributed by atoms with E-state index in [0.717, 1.165) is 12.0 Å². The first kappa shape index (κ1) is 20.2. The summed E-state index contributed by atoms with van der Waals surface area (Å²) < 4.78 is 7.60. The maximum absolute atomic E-state index is 10.3. The van der Waals surface area contributed by atoms with Crippen molar-refractivity contribution in [3.63, 3.8) is 0 Å². The highest BCUT2D eigenvalue weighted by molar-refractivity contribution is 14.1. The van der Waals surface area contributed by atoms with Crippen molar-refractivity contribution < 1.29 is 25.2 Å². The van der Waals surface area contributed by atoms with Crippen molar-refractivity contribution in [3.8, 4) is 5.75 Å². The molecule has 4 atom stereocenters. The van der Waals surface area contributed by atoms with Crippen LogP contribution in [0.1, 0.15) is 11.8 Å². The standard InChI is InChI=1S/C18H20IN5O5/c19-18-22-15(20-6-5-9-1-3-10(26)4-2-9)12-16(23-18)24(8-21-12)17-14(28)13(27)11(7-25)29-17/h1-4,8,11,13-14,17,25-28H,5-7H2,(H,20,22,23)/t11-,13-,14-,17-/m1/s1. The van der Waals surface area contributed by atoms with Crippen molar-refractivity contribution >= 4 is 39.6 Å². The summed E-state index contributed by atoms with van der Waals surface area (Å²) in [7, 11) is 0. The van der Waals surface area contributed by atoms with Gasteiger partial charge in [-0.05, 0) is 24.1 Å². The van der Waals surface area contributed by atoms with E-state index in [9.17, 15) is 20.4 Å². The Balaban J connectivity index is 1.56. The van der Waals surface area contributed by atoms with Gasteiger partial charge in [0.15, 0.2) is 27.0 Å². The molecule has 154 valence electrons. The predicted molar refractivity (Wildman–Crippen MR) is 111 cm³/mol. The number of nitrogens with one attached hydrogen (secondary N) is 1. The number of phenols is 1. The molecule has 29 heavy (non-hydrogen) atoms. The van der Waals surface area contributed by atoms with Crippen LogP contribution in [0, 0.1) is 3.83 Å². The molecule has 5 N–H and O–H groups in total. The largest absolute Gasteiger partial charge is 0.508 e. The molecule has 4 rings (SSSR count). The van der Waals surface area contributed by atoms with E-state index in [-0.39, 0.29) is 5.75 Å². The van der Waals surface area contributed by atoms with Gasteiger partial charge in [-0.15, -0.1) is 0 Å². The summed E-state index contributed by atoms with van der Waals surface area (Å²) >= 11 is 1.99. The van der Waals surface area contributed by atoms with Crippen molar-refractivity contribution in [2.75, 3.05) is 18.5 Å². The summed E-state index contributed by atoms with van der Waals surface area (Å²) in [6.07, 6.45) is -2.02. The fraction of sp³-hybridized carbons (Fsp3) is 0.389. The Labute approximate surface area is 179 Å². The maximum Gasteiger partial charge on any atom is 0.194 e. The van der Waals surface area contributed by atoms with Gasteiger partial charge in [0.1, 0.15) is 24.1 Å². The molecule has 1 aromatic carbocycles. The van der Waals surface area contributed by atoms with Crippen LogP contribution in [0.25, 0.3) is 11.2 Å². The molecule has 1 fully saturated rings. The summed E-state index contributed by atoms with van der Waals surface area (Å²) in [6.45, 7) is 0.186. The number of aliphatic hydroxyl groups excluding tert-OH is 3. The van der Waals surface area contributed by atoms with Gasteiger partial charge < -0.3 is 30.5 Å². The second kappa shape index (κ2) is 8.36. The van der Waals surface area contributed by atoms with Crippen LogP contribution in [0.4, 0.5) is 5.82 Å². The molecule has 0 bridgehead atoms. The average Bonchev–Trinajstić information content (AvgIpc) is 3.24. The van der Waals surface area contributed by atoms with Crippen LogP contribution < -0.4 is 5.32 Å². The van der Waals surface area contributed by atoms with E-state index in [2.05, 4.69) is 20.3 Å². The summed E-state index contributed by atoms with van der Waals surface area (Å²) in [5.41, 5.74) is 2.02. The van der Waals surface area contributed by atoms with Crippen LogP contribution in [0.3, 0.4) is 0 Å². The van der Waals surface area contributed by atoms with Gasteiger partial charge in [-0.25, -0.2) is 15.0 Å². The Hall–Kier alpha value is -2.06. The van der Waals surface area contributed by atoms with Crippen LogP contribution in [-0.2, 0) is 11.2 Å². The zero-order chi connectivity index (χ0) is 20.5. The third kappa shape index (κ3) is 4.00. The zero-order valence-corrected chi connectivity index (χ0v) is 17.3. The van der Waals surface area contributed by atoms with Crippen molar-refractivity contribution in [1.82, 2.24) is 19.5 Å². The quantitative estimate of drug-likeness (QED) is 0.234. The number of halogens is 1. The normalized spacial score (nSPS) is 24.3. The van der Waals surface area contributed by atoms with Gasteiger partial charge in [-0.2, -0.15) is 0 Å². The molecule has 0 spiro atoms. The minimum absolute atomic E-state index is 0.226. The lowest BCUT2D eigenvalue weighted by Crippen LogP contribution is -2.33. The van der Waals surface area contributed by atoms with Crippen molar-refractivity contribution in [2.24, 2.45) is 0 Å². The smallest absolute Gasteiger partial charge is 0.194 e. The fourth-order valence-electron chi connectivity index (χ4n) is 3.30. The molecule has 3 heterocycles. The zero-order valence-electron chi connectivity index (χ0n) is 15.2. The molecule has 0 saturated carbocycles. The van der Waals surface area contributed by atoms with Crippen LogP contribution >= 0.6 is 22.6 Å². The summed E-state index contributed by atoms with van der Waals surface area (Å²) in [5, 5.41) is 42.2. The molecule has 1 aliphatic rings. The molecular formula is C18H20IN5O5. The third-order valence-corrected chi connectivity index (χ3v) is 5.31. The summed E-state index contributed by atoms with van der Waals surface area (Å²) in [6, 6.07) is 6.99. The summed E-state index contributed by atoms with van der Waals surface area (Å²) in [4.78, 5) is 13.2. The van der Waals surface area contributed by atoms with Crippen LogP contribution in [0.5, 0.6) is 5.75 Å². The van der Waals surface area contributed by atoms with Gasteiger partial charge in [-0.3, -0.25) is 4.57 Å². The highest BCUT2D eigenvalue weighted by Crippen LogP contribution is 2.32. The molecule has 1 saturated heterocycles. The van der Waals surface area contributed by atoms with Crippen molar-refractivity contribution in [1.29, 1.82) is 0 Å². The lowest BCUT2D eigenvalue weighted by molar-refractivity contribution is -0.0511. The minimum atomic E-state index is -1.22. The summed E-state index contributed by atoms with van der Waals surface area (Å²) in [5.74, 6) is 0.771. The first-order valence-electron chi connectivity index (χ1n) is 9.02. The van der Waals surface area contributed by atoms with Crippen molar-refractivity contribution in [2.45, 2.75) is 31.0 Å². The number of benzene rings is 1. The SMILES string of the molecule is OC[C@H]1O[C@@H](n2cnc3c(NCCc4ccc(O)cc4)nc(I)nc32)[C@H](O)[C@@H]1O. The number of phenolic OH excluding ortho intramolecular Hbond substituents is 1. The highest BCUT2D eigenvalue weighted by atomic mass is 127. The van der Waals surface area contributed by atoms with Crippen LogP contribution in [0.2, 0.25) is 0 Å². The van der Waals surface area contributed by atoms with Gasteiger partial charge in [0, 0.05) is 29.1 Å². The van der Waals surface area contributed by atoms with Crippen molar-refractivity contribution in [3.05, 3.63) is 40.0 Å². The first-order chi connectivity index (χ1) is 14.0. The number of fused-ring (bicyclic) bond motifs is 1. The fourth-order valence-corrected chi connectivity index (χ4v) is 3.77. The van der Waals surface area contributed by atoms with Gasteiger partial charge in [0.25, 0.3) is 0 Å². The maximum atomic E-state index is 10.3. The Kier molecular flexibility index (Phi) is 5.83. The Morgan fingerprint density at radius 1 is 1.14 bits per heavy atom. The molecule has 2 aromatic heterocycles.